The lowest BCUT2D eigenvalue weighted by atomic mass is 10.1. The van der Waals surface area contributed by atoms with Crippen LogP contribution in [0.2, 0.25) is 0 Å². The Bertz CT molecular complexity index is 333. The van der Waals surface area contributed by atoms with Gasteiger partial charge in [-0.1, -0.05) is 6.92 Å². The summed E-state index contributed by atoms with van der Waals surface area (Å²) < 4.78 is 18.4. The number of hydrazine groups is 1. The molecule has 1 rings (SSSR count). The van der Waals surface area contributed by atoms with Gasteiger partial charge in [0.1, 0.15) is 5.82 Å². The van der Waals surface area contributed by atoms with Gasteiger partial charge in [-0.15, -0.1) is 0 Å². The van der Waals surface area contributed by atoms with Gasteiger partial charge < -0.3 is 10.5 Å². The molecular weight excluding hydrogens is 209 g/mol. The number of ether oxygens (including phenoxy) is 1. The fraction of sp³-hybridized carbons (Fsp3) is 0.455. The van der Waals surface area contributed by atoms with Crippen LogP contribution >= 0.6 is 0 Å². The number of hydrogen-bond donors (Lipinski definition) is 3. The number of nitrogens with two attached hydrogens (primary N) is 2. The van der Waals surface area contributed by atoms with Gasteiger partial charge in [-0.25, -0.2) is 4.39 Å². The first-order chi connectivity index (χ1) is 7.69. The van der Waals surface area contributed by atoms with Crippen molar-refractivity contribution in [3.05, 3.63) is 29.6 Å². The van der Waals surface area contributed by atoms with Crippen LogP contribution in [0.1, 0.15) is 24.9 Å². The largest absolute Gasteiger partial charge is 0.398 e. The van der Waals surface area contributed by atoms with Crippen molar-refractivity contribution in [1.82, 2.24) is 5.43 Å². The molecule has 0 heterocycles. The minimum absolute atomic E-state index is 0.290. The summed E-state index contributed by atoms with van der Waals surface area (Å²) in [5.74, 6) is 5.06. The maximum atomic E-state index is 13.1. The quantitative estimate of drug-likeness (QED) is 0.297. The van der Waals surface area contributed by atoms with Crippen molar-refractivity contribution in [3.63, 3.8) is 0 Å². The lowest BCUT2D eigenvalue weighted by Gasteiger charge is -2.18. The van der Waals surface area contributed by atoms with Crippen molar-refractivity contribution in [2.24, 2.45) is 5.84 Å². The van der Waals surface area contributed by atoms with E-state index in [0.29, 0.717) is 24.5 Å². The van der Waals surface area contributed by atoms with E-state index in [1.807, 2.05) is 6.92 Å². The molecule has 1 atom stereocenters. The van der Waals surface area contributed by atoms with E-state index < -0.39 is 0 Å². The van der Waals surface area contributed by atoms with E-state index >= 15 is 0 Å². The van der Waals surface area contributed by atoms with Crippen LogP contribution in [-0.2, 0) is 4.74 Å². The van der Waals surface area contributed by atoms with Gasteiger partial charge in [0.25, 0.3) is 0 Å². The summed E-state index contributed by atoms with van der Waals surface area (Å²) in [6, 6.07) is 3.92. The molecule has 90 valence electrons. The van der Waals surface area contributed by atoms with E-state index in [0.717, 1.165) is 6.42 Å². The van der Waals surface area contributed by atoms with Crippen LogP contribution in [0.5, 0.6) is 0 Å². The van der Waals surface area contributed by atoms with Gasteiger partial charge in [-0.3, -0.25) is 11.3 Å². The number of nitrogens with one attached hydrogen (secondary N) is 1. The zero-order valence-electron chi connectivity index (χ0n) is 9.37. The van der Waals surface area contributed by atoms with E-state index in [2.05, 4.69) is 5.43 Å². The summed E-state index contributed by atoms with van der Waals surface area (Å²) in [7, 11) is 0. The maximum Gasteiger partial charge on any atom is 0.123 e. The molecule has 5 heteroatoms. The predicted molar refractivity (Wildman–Crippen MR) is 62.0 cm³/mol. The predicted octanol–water partition coefficient (Wildman–Crippen LogP) is 1.34. The summed E-state index contributed by atoms with van der Waals surface area (Å²) in [5.41, 5.74) is 9.45. The van der Waals surface area contributed by atoms with Gasteiger partial charge in [0.05, 0.1) is 12.6 Å². The first-order valence-electron chi connectivity index (χ1n) is 5.27. The highest BCUT2D eigenvalue weighted by atomic mass is 19.1. The van der Waals surface area contributed by atoms with Crippen molar-refractivity contribution < 1.29 is 9.13 Å². The molecule has 5 N–H and O–H groups in total. The van der Waals surface area contributed by atoms with E-state index in [1.54, 1.807) is 0 Å². The molecule has 0 bridgehead atoms. The van der Waals surface area contributed by atoms with Crippen molar-refractivity contribution in [2.75, 3.05) is 18.9 Å². The van der Waals surface area contributed by atoms with Crippen molar-refractivity contribution in [1.29, 1.82) is 0 Å². The molecule has 4 nitrogen and oxygen atoms in total. The molecule has 1 aromatic rings. The molecule has 0 fully saturated rings. The smallest absolute Gasteiger partial charge is 0.123 e. The second kappa shape index (κ2) is 6.42. The third-order valence-electron chi connectivity index (χ3n) is 2.26. The topological polar surface area (TPSA) is 73.3 Å². The number of anilines is 1. The number of nitrogen functional groups attached to an aromatic ring is 1. The van der Waals surface area contributed by atoms with Gasteiger partial charge in [-0.05, 0) is 30.2 Å². The van der Waals surface area contributed by atoms with Crippen LogP contribution in [0.25, 0.3) is 0 Å². The van der Waals surface area contributed by atoms with Crippen molar-refractivity contribution >= 4 is 5.69 Å². The lowest BCUT2D eigenvalue weighted by molar-refractivity contribution is 0.112. The highest BCUT2D eigenvalue weighted by molar-refractivity contribution is 5.48. The number of hydrogen-bond acceptors (Lipinski definition) is 4. The standard InChI is InChI=1S/C11H18FN3O/c1-2-5-16-7-11(15-14)9-6-8(12)3-4-10(9)13/h3-4,6,11,15H,2,5,7,13-14H2,1H3. The third-order valence-corrected chi connectivity index (χ3v) is 2.26. The van der Waals surface area contributed by atoms with Gasteiger partial charge >= 0.3 is 0 Å². The molecular formula is C11H18FN3O. The molecule has 0 aromatic heterocycles. The Hall–Kier alpha value is -1.17. The Morgan fingerprint density at radius 1 is 1.50 bits per heavy atom. The Kier molecular flexibility index (Phi) is 5.18. The molecule has 0 saturated carbocycles. The molecule has 0 aliphatic carbocycles. The average Bonchev–Trinajstić information content (AvgIpc) is 2.28. The normalized spacial score (nSPS) is 12.7. The van der Waals surface area contributed by atoms with E-state index in [1.165, 1.54) is 18.2 Å². The minimum Gasteiger partial charge on any atom is -0.398 e. The first kappa shape index (κ1) is 12.9. The average molecular weight is 227 g/mol. The Morgan fingerprint density at radius 2 is 2.25 bits per heavy atom. The molecule has 16 heavy (non-hydrogen) atoms. The van der Waals surface area contributed by atoms with Crippen molar-refractivity contribution in [3.8, 4) is 0 Å². The molecule has 0 radical (unpaired) electrons. The van der Waals surface area contributed by atoms with E-state index in [4.69, 9.17) is 16.3 Å². The fourth-order valence-corrected chi connectivity index (χ4v) is 1.42. The van der Waals surface area contributed by atoms with Gasteiger partial charge in [0.15, 0.2) is 0 Å². The van der Waals surface area contributed by atoms with Crippen LogP contribution in [0.3, 0.4) is 0 Å². The molecule has 0 aliphatic heterocycles. The number of halogens is 1. The van der Waals surface area contributed by atoms with Gasteiger partial charge in [0.2, 0.25) is 0 Å². The van der Waals surface area contributed by atoms with Crippen LogP contribution in [-0.4, -0.2) is 13.2 Å². The number of rotatable bonds is 6. The minimum atomic E-state index is -0.333. The first-order valence-corrected chi connectivity index (χ1v) is 5.27. The Morgan fingerprint density at radius 3 is 2.88 bits per heavy atom. The Labute approximate surface area is 94.7 Å². The molecule has 1 aromatic carbocycles. The maximum absolute atomic E-state index is 13.1. The molecule has 0 aliphatic rings. The lowest BCUT2D eigenvalue weighted by Crippen LogP contribution is -2.32. The second-order valence-electron chi connectivity index (χ2n) is 3.57. The SMILES string of the molecule is CCCOCC(NN)c1cc(F)ccc1N. The monoisotopic (exact) mass is 227 g/mol. The zero-order valence-corrected chi connectivity index (χ0v) is 9.37. The summed E-state index contributed by atoms with van der Waals surface area (Å²) >= 11 is 0. The Balaban J connectivity index is 2.73. The van der Waals surface area contributed by atoms with Gasteiger partial charge in [0, 0.05) is 12.3 Å². The summed E-state index contributed by atoms with van der Waals surface area (Å²) in [6.45, 7) is 3.03. The van der Waals surface area contributed by atoms with Crippen molar-refractivity contribution in [2.45, 2.75) is 19.4 Å². The van der Waals surface area contributed by atoms with Crippen LogP contribution < -0.4 is 17.0 Å². The number of benzene rings is 1. The molecule has 0 amide bonds. The van der Waals surface area contributed by atoms with Crippen LogP contribution in [0.15, 0.2) is 18.2 Å². The third kappa shape index (κ3) is 3.44. The van der Waals surface area contributed by atoms with E-state index in [9.17, 15) is 4.39 Å². The fourth-order valence-electron chi connectivity index (χ4n) is 1.42. The molecule has 1 unspecified atom stereocenters. The zero-order chi connectivity index (χ0) is 12.0. The summed E-state index contributed by atoms with van der Waals surface area (Å²) in [6.07, 6.45) is 0.927. The van der Waals surface area contributed by atoms with Crippen LogP contribution in [0.4, 0.5) is 10.1 Å². The van der Waals surface area contributed by atoms with Gasteiger partial charge in [-0.2, -0.15) is 0 Å². The summed E-state index contributed by atoms with van der Waals surface area (Å²) in [5, 5.41) is 0. The second-order valence-corrected chi connectivity index (χ2v) is 3.57. The van der Waals surface area contributed by atoms with Crippen LogP contribution in [0, 0.1) is 5.82 Å². The highest BCUT2D eigenvalue weighted by Gasteiger charge is 2.13. The molecule has 0 spiro atoms. The highest BCUT2D eigenvalue weighted by Crippen LogP contribution is 2.21. The summed E-state index contributed by atoms with van der Waals surface area (Å²) in [4.78, 5) is 0. The molecule has 0 saturated heterocycles. The van der Waals surface area contributed by atoms with E-state index in [-0.39, 0.29) is 11.9 Å².